The maximum Gasteiger partial charge on any atom is 0.184 e. The predicted octanol–water partition coefficient (Wildman–Crippen LogP) is 3.99. The maximum absolute atomic E-state index is 13.9. The highest BCUT2D eigenvalue weighted by molar-refractivity contribution is 6.30. The molecule has 0 radical (unpaired) electrons. The van der Waals surface area contributed by atoms with Gasteiger partial charge in [0.15, 0.2) is 12.5 Å². The Morgan fingerprint density at radius 1 is 0.962 bits per heavy atom. The normalized spacial score (nSPS) is 14.6. The van der Waals surface area contributed by atoms with Crippen LogP contribution >= 0.6 is 23.2 Å². The maximum atomic E-state index is 13.9. The summed E-state index contributed by atoms with van der Waals surface area (Å²) in [6.45, 7) is 0.0721. The summed E-state index contributed by atoms with van der Waals surface area (Å²) in [6, 6.07) is 13.8. The predicted molar refractivity (Wildman–Crippen MR) is 98.1 cm³/mol. The molecule has 0 bridgehead atoms. The van der Waals surface area contributed by atoms with Crippen molar-refractivity contribution >= 4 is 29.5 Å². The van der Waals surface area contributed by atoms with Gasteiger partial charge in [0.2, 0.25) is 0 Å². The molecule has 2 aromatic carbocycles. The number of carbonyl (C=O) groups excluding carboxylic acids is 1. The van der Waals surface area contributed by atoms with Gasteiger partial charge in [0.1, 0.15) is 12.2 Å². The third-order valence-corrected chi connectivity index (χ3v) is 4.15. The number of carbonyl (C=O) groups is 1. The Morgan fingerprint density at radius 3 is 1.96 bits per heavy atom. The van der Waals surface area contributed by atoms with Crippen LogP contribution in [0.4, 0.5) is 4.39 Å². The van der Waals surface area contributed by atoms with Crippen LogP contribution in [0.1, 0.15) is 11.1 Å². The molecule has 0 aliphatic heterocycles. The Balaban J connectivity index is 1.86. The summed E-state index contributed by atoms with van der Waals surface area (Å²) in [5, 5.41) is 11.3. The van der Waals surface area contributed by atoms with Gasteiger partial charge in [-0.3, -0.25) is 0 Å². The molecule has 0 aliphatic rings. The van der Waals surface area contributed by atoms with Gasteiger partial charge >= 0.3 is 0 Å². The van der Waals surface area contributed by atoms with E-state index in [4.69, 9.17) is 32.7 Å². The summed E-state index contributed by atoms with van der Waals surface area (Å²) in [6.07, 6.45) is -4.48. The molecular formula is C19H19Cl2FO4. The molecule has 4 nitrogen and oxygen atoms in total. The van der Waals surface area contributed by atoms with E-state index in [0.29, 0.717) is 10.0 Å². The van der Waals surface area contributed by atoms with Crippen LogP contribution in [0, 0.1) is 0 Å². The minimum atomic E-state index is -1.96. The first-order valence-electron chi connectivity index (χ1n) is 7.95. The zero-order valence-electron chi connectivity index (χ0n) is 13.9. The van der Waals surface area contributed by atoms with Crippen LogP contribution in [0.2, 0.25) is 10.0 Å². The van der Waals surface area contributed by atoms with E-state index in [9.17, 15) is 14.3 Å². The van der Waals surface area contributed by atoms with Crippen LogP contribution in [0.15, 0.2) is 48.5 Å². The number of rotatable bonds is 10. The average Bonchev–Trinajstić information content (AvgIpc) is 2.64. The van der Waals surface area contributed by atoms with Gasteiger partial charge in [-0.15, -0.1) is 0 Å². The van der Waals surface area contributed by atoms with Crippen molar-refractivity contribution in [3.63, 3.8) is 0 Å². The van der Waals surface area contributed by atoms with Crippen molar-refractivity contribution in [2.24, 2.45) is 0 Å². The first-order chi connectivity index (χ1) is 12.5. The van der Waals surface area contributed by atoms with Crippen molar-refractivity contribution in [2.75, 3.05) is 6.61 Å². The molecule has 0 aromatic heterocycles. The Morgan fingerprint density at radius 2 is 1.46 bits per heavy atom. The third-order valence-electron chi connectivity index (χ3n) is 3.65. The van der Waals surface area contributed by atoms with Gasteiger partial charge in [-0.25, -0.2) is 4.39 Å². The summed E-state index contributed by atoms with van der Waals surface area (Å²) < 4.78 is 24.7. The van der Waals surface area contributed by atoms with Crippen LogP contribution in [-0.4, -0.2) is 36.4 Å². The average molecular weight is 401 g/mol. The van der Waals surface area contributed by atoms with E-state index >= 15 is 0 Å². The van der Waals surface area contributed by atoms with Gasteiger partial charge in [-0.05, 0) is 35.4 Å². The van der Waals surface area contributed by atoms with Crippen LogP contribution < -0.4 is 0 Å². The van der Waals surface area contributed by atoms with E-state index in [0.717, 1.165) is 11.1 Å². The molecule has 0 unspecified atom stereocenters. The number of halogens is 3. The second-order valence-electron chi connectivity index (χ2n) is 5.69. The molecule has 2 aromatic rings. The molecule has 0 aliphatic carbocycles. The largest absolute Gasteiger partial charge is 0.388 e. The molecule has 26 heavy (non-hydrogen) atoms. The molecule has 0 amide bonds. The summed E-state index contributed by atoms with van der Waals surface area (Å²) in [5.41, 5.74) is 1.60. The van der Waals surface area contributed by atoms with E-state index in [1.54, 1.807) is 48.5 Å². The van der Waals surface area contributed by atoms with E-state index in [1.165, 1.54) is 0 Å². The highest BCUT2D eigenvalue weighted by Gasteiger charge is 2.29. The first-order valence-corrected chi connectivity index (χ1v) is 8.71. The topological polar surface area (TPSA) is 55.8 Å². The van der Waals surface area contributed by atoms with E-state index < -0.39 is 18.4 Å². The quantitative estimate of drug-likeness (QED) is 0.612. The molecule has 2 rings (SSSR count). The Bertz CT molecular complexity index is 679. The fourth-order valence-corrected chi connectivity index (χ4v) is 2.49. The number of hydrogen-bond acceptors (Lipinski definition) is 4. The number of alkyl halides is 1. The van der Waals surface area contributed by atoms with Crippen molar-refractivity contribution in [1.82, 2.24) is 0 Å². The van der Waals surface area contributed by atoms with Gasteiger partial charge in [-0.2, -0.15) is 0 Å². The highest BCUT2D eigenvalue weighted by atomic mass is 35.5. The summed E-state index contributed by atoms with van der Waals surface area (Å²) in [4.78, 5) is 10.8. The molecule has 0 saturated carbocycles. The molecule has 3 atom stereocenters. The molecule has 0 fully saturated rings. The molecule has 140 valence electrons. The lowest BCUT2D eigenvalue weighted by molar-refractivity contribution is -0.132. The Kier molecular flexibility index (Phi) is 8.48. The Labute approximate surface area is 161 Å². The zero-order valence-corrected chi connectivity index (χ0v) is 15.4. The van der Waals surface area contributed by atoms with Gasteiger partial charge in [0.05, 0.1) is 19.8 Å². The van der Waals surface area contributed by atoms with E-state index in [1.807, 2.05) is 0 Å². The van der Waals surface area contributed by atoms with Crippen LogP contribution in [0.3, 0.4) is 0 Å². The summed E-state index contributed by atoms with van der Waals surface area (Å²) in [7, 11) is 0. The summed E-state index contributed by atoms with van der Waals surface area (Å²) in [5.74, 6) is 0. The van der Waals surface area contributed by atoms with Crippen molar-refractivity contribution in [2.45, 2.75) is 31.6 Å². The standard InChI is InChI=1S/C19H19Cl2FO4/c20-15-5-1-13(2-6-15)10-25-12-18(24)19(17(22)9-23)26-11-14-3-7-16(21)8-4-14/h1-9,17-19,24H,10-12H2/t17-,18+,19-/m0/s1. The number of hydrogen-bond donors (Lipinski definition) is 1. The second kappa shape index (κ2) is 10.6. The molecule has 7 heteroatoms. The molecule has 0 heterocycles. The third kappa shape index (κ3) is 6.67. The molecule has 1 N–H and O–H groups in total. The van der Waals surface area contributed by atoms with Gasteiger partial charge in [0, 0.05) is 10.0 Å². The van der Waals surface area contributed by atoms with Gasteiger partial charge < -0.3 is 19.4 Å². The van der Waals surface area contributed by atoms with Crippen molar-refractivity contribution in [3.05, 3.63) is 69.7 Å². The highest BCUT2D eigenvalue weighted by Crippen LogP contribution is 2.15. The minimum absolute atomic E-state index is 0.0321. The van der Waals surface area contributed by atoms with Crippen LogP contribution in [0.25, 0.3) is 0 Å². The van der Waals surface area contributed by atoms with E-state index in [2.05, 4.69) is 0 Å². The first kappa shape index (κ1) is 20.8. The smallest absolute Gasteiger partial charge is 0.184 e. The summed E-state index contributed by atoms with van der Waals surface area (Å²) >= 11 is 11.6. The fourth-order valence-electron chi connectivity index (χ4n) is 2.24. The van der Waals surface area contributed by atoms with Crippen molar-refractivity contribution in [1.29, 1.82) is 0 Å². The molecule has 0 spiro atoms. The van der Waals surface area contributed by atoms with Crippen LogP contribution in [-0.2, 0) is 27.5 Å². The second-order valence-corrected chi connectivity index (χ2v) is 6.56. The van der Waals surface area contributed by atoms with Crippen LogP contribution in [0.5, 0.6) is 0 Å². The lowest BCUT2D eigenvalue weighted by Crippen LogP contribution is -2.41. The van der Waals surface area contributed by atoms with Crippen molar-refractivity contribution < 1.29 is 23.8 Å². The number of benzene rings is 2. The van der Waals surface area contributed by atoms with Gasteiger partial charge in [-0.1, -0.05) is 47.5 Å². The number of aliphatic hydroxyl groups excluding tert-OH is 1. The SMILES string of the molecule is O=C[C@H](F)[C@H](OCc1ccc(Cl)cc1)[C@H](O)COCc1ccc(Cl)cc1. The lowest BCUT2D eigenvalue weighted by Gasteiger charge is -2.24. The van der Waals surface area contributed by atoms with E-state index in [-0.39, 0.29) is 26.1 Å². The minimum Gasteiger partial charge on any atom is -0.388 e. The monoisotopic (exact) mass is 400 g/mol. The number of ether oxygens (including phenoxy) is 2. The zero-order chi connectivity index (χ0) is 18.9. The van der Waals surface area contributed by atoms with Gasteiger partial charge in [0.25, 0.3) is 0 Å². The number of aliphatic hydroxyl groups is 1. The molecule has 0 saturated heterocycles. The molecular weight excluding hydrogens is 382 g/mol. The Hall–Kier alpha value is -1.50. The fraction of sp³-hybridized carbons (Fsp3) is 0.316. The number of aldehydes is 1. The van der Waals surface area contributed by atoms with Crippen molar-refractivity contribution in [3.8, 4) is 0 Å². The lowest BCUT2D eigenvalue weighted by atomic mass is 10.1.